The first-order valence-corrected chi connectivity index (χ1v) is 8.38. The van der Waals surface area contributed by atoms with Gasteiger partial charge in [-0.3, -0.25) is 14.4 Å². The molecule has 1 aromatic rings. The molecule has 7 heteroatoms. The Morgan fingerprint density at radius 2 is 2.04 bits per heavy atom. The molecule has 3 rings (SSSR count). The first-order chi connectivity index (χ1) is 10.9. The summed E-state index contributed by atoms with van der Waals surface area (Å²) in [5.74, 6) is -1.72. The fourth-order valence-corrected chi connectivity index (χ4v) is 3.91. The number of likely N-dealkylation sites (tertiary alicyclic amines) is 1. The van der Waals surface area contributed by atoms with Crippen LogP contribution in [0.3, 0.4) is 0 Å². The molecule has 0 radical (unpaired) electrons. The zero-order valence-electron chi connectivity index (χ0n) is 12.9. The Labute approximate surface area is 138 Å². The number of carboxylic acid groups (broad SMARTS) is 1. The molecule has 2 aliphatic rings. The predicted octanol–water partition coefficient (Wildman–Crippen LogP) is 1.91. The van der Waals surface area contributed by atoms with E-state index in [4.69, 9.17) is 0 Å². The van der Waals surface area contributed by atoms with Crippen molar-refractivity contribution in [1.82, 2.24) is 4.90 Å². The van der Waals surface area contributed by atoms with Crippen molar-refractivity contribution in [2.75, 3.05) is 18.4 Å². The predicted molar refractivity (Wildman–Crippen MR) is 86.6 cm³/mol. The second kappa shape index (κ2) is 5.88. The maximum atomic E-state index is 12.6. The van der Waals surface area contributed by atoms with Gasteiger partial charge in [0.2, 0.25) is 5.91 Å². The first kappa shape index (κ1) is 15.9. The van der Waals surface area contributed by atoms with Gasteiger partial charge in [-0.2, -0.15) is 0 Å². The van der Waals surface area contributed by atoms with E-state index in [1.807, 2.05) is 19.9 Å². The van der Waals surface area contributed by atoms with Gasteiger partial charge in [-0.1, -0.05) is 6.92 Å². The molecule has 23 heavy (non-hydrogen) atoms. The lowest BCUT2D eigenvalue weighted by Crippen LogP contribution is -2.30. The average Bonchev–Trinajstić information content (AvgIpc) is 2.89. The van der Waals surface area contributed by atoms with E-state index in [0.29, 0.717) is 17.8 Å². The number of nitrogens with one attached hydrogen (secondary N) is 1. The fraction of sp³-hybridized carbons (Fsp3) is 0.438. The van der Waals surface area contributed by atoms with E-state index in [0.717, 1.165) is 4.90 Å². The minimum atomic E-state index is -0.865. The van der Waals surface area contributed by atoms with Crippen molar-refractivity contribution < 1.29 is 19.5 Å². The van der Waals surface area contributed by atoms with Crippen molar-refractivity contribution in [3.8, 4) is 0 Å². The first-order valence-electron chi connectivity index (χ1n) is 7.50. The number of carbonyl (C=O) groups is 3. The monoisotopic (exact) mass is 334 g/mol. The van der Waals surface area contributed by atoms with Crippen LogP contribution in [0.4, 0.5) is 5.69 Å². The summed E-state index contributed by atoms with van der Waals surface area (Å²) in [5, 5.41) is 11.8. The summed E-state index contributed by atoms with van der Waals surface area (Å²) >= 11 is 1.46. The van der Waals surface area contributed by atoms with Crippen LogP contribution >= 0.6 is 11.8 Å². The number of nitrogens with zero attached hydrogens (tertiary/aromatic N) is 1. The molecule has 2 N–H and O–H groups in total. The van der Waals surface area contributed by atoms with Gasteiger partial charge in [0.05, 0.1) is 16.9 Å². The molecule has 2 aliphatic heterocycles. The highest BCUT2D eigenvalue weighted by Gasteiger charge is 2.37. The number of anilines is 1. The number of aliphatic carboxylic acids is 1. The molecule has 0 spiro atoms. The van der Waals surface area contributed by atoms with Gasteiger partial charge in [-0.05, 0) is 31.0 Å². The van der Waals surface area contributed by atoms with E-state index in [9.17, 15) is 19.5 Å². The largest absolute Gasteiger partial charge is 0.481 e. The lowest BCUT2D eigenvalue weighted by atomic mass is 9.99. The van der Waals surface area contributed by atoms with E-state index < -0.39 is 11.9 Å². The molecule has 0 bridgehead atoms. The van der Waals surface area contributed by atoms with Gasteiger partial charge in [-0.15, -0.1) is 11.8 Å². The minimum Gasteiger partial charge on any atom is -0.481 e. The molecule has 1 unspecified atom stereocenters. The fourth-order valence-electron chi connectivity index (χ4n) is 2.98. The number of hydrogen-bond donors (Lipinski definition) is 2. The standard InChI is InChI=1S/C16H18N2O4S/c1-8-6-18(7-11(8)16(21)22)15(20)10-3-4-13-12(5-10)17-14(19)9(2)23-13/h3-5,8-9,11H,6-7H2,1-2H3,(H,17,19)(H,21,22)/t8-,9?,11-/m1/s1. The Hall–Kier alpha value is -2.02. The molecule has 0 aliphatic carbocycles. The summed E-state index contributed by atoms with van der Waals surface area (Å²) in [5.41, 5.74) is 1.11. The van der Waals surface area contributed by atoms with Gasteiger partial charge in [-0.25, -0.2) is 0 Å². The molecular formula is C16H18N2O4S. The van der Waals surface area contributed by atoms with Crippen molar-refractivity contribution >= 4 is 35.2 Å². The van der Waals surface area contributed by atoms with Crippen LogP contribution in [0.25, 0.3) is 0 Å². The maximum Gasteiger partial charge on any atom is 0.308 e. The van der Waals surface area contributed by atoms with Crippen LogP contribution < -0.4 is 5.32 Å². The quantitative estimate of drug-likeness (QED) is 0.863. The van der Waals surface area contributed by atoms with E-state index in [-0.39, 0.29) is 29.5 Å². The smallest absolute Gasteiger partial charge is 0.308 e. The van der Waals surface area contributed by atoms with Crippen LogP contribution in [0, 0.1) is 11.8 Å². The molecule has 1 fully saturated rings. The highest BCUT2D eigenvalue weighted by Crippen LogP contribution is 2.36. The van der Waals surface area contributed by atoms with Crippen LogP contribution in [0.1, 0.15) is 24.2 Å². The SMILES string of the molecule is CC1Sc2ccc(C(=O)N3C[C@@H](C)[C@H](C(=O)O)C3)cc2NC1=O. The molecule has 0 aromatic heterocycles. The van der Waals surface area contributed by atoms with E-state index in [1.54, 1.807) is 17.0 Å². The zero-order chi connectivity index (χ0) is 16.7. The number of hydrogen-bond acceptors (Lipinski definition) is 4. The molecule has 122 valence electrons. The third-order valence-electron chi connectivity index (χ3n) is 4.37. The van der Waals surface area contributed by atoms with Crippen LogP contribution in [0.5, 0.6) is 0 Å². The van der Waals surface area contributed by atoms with E-state index >= 15 is 0 Å². The summed E-state index contributed by atoms with van der Waals surface area (Å²) in [4.78, 5) is 38.1. The highest BCUT2D eigenvalue weighted by molar-refractivity contribution is 8.00. The summed E-state index contributed by atoms with van der Waals surface area (Å²) in [6, 6.07) is 5.24. The maximum absolute atomic E-state index is 12.6. The summed E-state index contributed by atoms with van der Waals surface area (Å²) in [6.45, 7) is 4.34. The van der Waals surface area contributed by atoms with Crippen molar-refractivity contribution in [3.05, 3.63) is 23.8 Å². The Bertz CT molecular complexity index is 691. The van der Waals surface area contributed by atoms with Gasteiger partial charge in [0.25, 0.3) is 5.91 Å². The number of carboxylic acids is 1. The number of carbonyl (C=O) groups excluding carboxylic acids is 2. The molecule has 0 saturated carbocycles. The van der Waals surface area contributed by atoms with Crippen molar-refractivity contribution in [2.24, 2.45) is 11.8 Å². The second-order valence-corrected chi connectivity index (χ2v) is 7.48. The molecule has 2 heterocycles. The molecule has 2 amide bonds. The zero-order valence-corrected chi connectivity index (χ0v) is 13.7. The Morgan fingerprint density at radius 1 is 1.30 bits per heavy atom. The average molecular weight is 334 g/mol. The van der Waals surface area contributed by atoms with Crippen molar-refractivity contribution in [1.29, 1.82) is 0 Å². The summed E-state index contributed by atoms with van der Waals surface area (Å²) in [6.07, 6.45) is 0. The molecule has 3 atom stereocenters. The molecule has 1 saturated heterocycles. The number of thioether (sulfide) groups is 1. The Balaban J connectivity index is 1.80. The van der Waals surface area contributed by atoms with Gasteiger partial charge in [0, 0.05) is 23.5 Å². The summed E-state index contributed by atoms with van der Waals surface area (Å²) in [7, 11) is 0. The van der Waals surface area contributed by atoms with Crippen molar-refractivity contribution in [3.63, 3.8) is 0 Å². The second-order valence-electron chi connectivity index (χ2n) is 6.09. The van der Waals surface area contributed by atoms with Crippen molar-refractivity contribution in [2.45, 2.75) is 24.0 Å². The van der Waals surface area contributed by atoms with Crippen LogP contribution in [-0.4, -0.2) is 46.1 Å². The molecule has 6 nitrogen and oxygen atoms in total. The Morgan fingerprint density at radius 3 is 2.70 bits per heavy atom. The third kappa shape index (κ3) is 2.93. The number of amides is 2. The number of benzene rings is 1. The highest BCUT2D eigenvalue weighted by atomic mass is 32.2. The van der Waals surface area contributed by atoms with E-state index in [1.165, 1.54) is 11.8 Å². The lowest BCUT2D eigenvalue weighted by Gasteiger charge is -2.23. The number of fused-ring (bicyclic) bond motifs is 1. The Kier molecular flexibility index (Phi) is 4.06. The molecule has 1 aromatic carbocycles. The molecular weight excluding hydrogens is 316 g/mol. The number of rotatable bonds is 2. The van der Waals surface area contributed by atoms with Gasteiger partial charge in [0.15, 0.2) is 0 Å². The minimum absolute atomic E-state index is 0.0646. The van der Waals surface area contributed by atoms with Crippen LogP contribution in [-0.2, 0) is 9.59 Å². The van der Waals surface area contributed by atoms with Crippen LogP contribution in [0.15, 0.2) is 23.1 Å². The van der Waals surface area contributed by atoms with Gasteiger partial charge >= 0.3 is 5.97 Å². The third-order valence-corrected chi connectivity index (χ3v) is 5.55. The van der Waals surface area contributed by atoms with Gasteiger partial charge < -0.3 is 15.3 Å². The van der Waals surface area contributed by atoms with E-state index in [2.05, 4.69) is 5.32 Å². The normalized spacial score (nSPS) is 26.6. The lowest BCUT2D eigenvalue weighted by molar-refractivity contribution is -0.142. The summed E-state index contributed by atoms with van der Waals surface area (Å²) < 4.78 is 0. The van der Waals surface area contributed by atoms with Gasteiger partial charge in [0.1, 0.15) is 0 Å². The topological polar surface area (TPSA) is 86.7 Å². The van der Waals surface area contributed by atoms with Crippen LogP contribution in [0.2, 0.25) is 0 Å².